The fraction of sp³-hybridized carbons (Fsp3) is 1.00. The van der Waals surface area contributed by atoms with Crippen LogP contribution in [-0.4, -0.2) is 62.6 Å². The van der Waals surface area contributed by atoms with Crippen molar-refractivity contribution in [2.45, 2.75) is 33.1 Å². The average Bonchev–Trinajstić information content (AvgIpc) is 2.79. The maximum atomic E-state index is 9.15. The highest BCUT2D eigenvalue weighted by molar-refractivity contribution is 4.88. The van der Waals surface area contributed by atoms with E-state index in [2.05, 4.69) is 24.1 Å². The van der Waals surface area contributed by atoms with Gasteiger partial charge in [0.05, 0.1) is 13.2 Å². The Morgan fingerprint density at radius 1 is 1.28 bits per heavy atom. The summed E-state index contributed by atoms with van der Waals surface area (Å²) in [7, 11) is 0. The predicted molar refractivity (Wildman–Crippen MR) is 74.8 cm³/mol. The molecular weight excluding hydrogens is 228 g/mol. The zero-order valence-corrected chi connectivity index (χ0v) is 12.1. The Morgan fingerprint density at radius 2 is 2.11 bits per heavy atom. The van der Waals surface area contributed by atoms with Crippen molar-refractivity contribution >= 4 is 0 Å². The summed E-state index contributed by atoms with van der Waals surface area (Å²) in [4.78, 5) is 2.38. The van der Waals surface area contributed by atoms with Gasteiger partial charge in [-0.15, -0.1) is 0 Å². The van der Waals surface area contributed by atoms with Crippen LogP contribution in [0.4, 0.5) is 0 Å². The average molecular weight is 258 g/mol. The number of nitrogens with one attached hydrogen (secondary N) is 1. The molecule has 1 fully saturated rings. The molecule has 0 amide bonds. The number of nitrogens with zero attached hydrogens (tertiary/aromatic N) is 1. The van der Waals surface area contributed by atoms with Crippen LogP contribution in [0.15, 0.2) is 0 Å². The quantitative estimate of drug-likeness (QED) is 0.576. The lowest BCUT2D eigenvalue weighted by Gasteiger charge is -2.34. The van der Waals surface area contributed by atoms with Gasteiger partial charge in [0.25, 0.3) is 0 Å². The summed E-state index contributed by atoms with van der Waals surface area (Å²) in [5, 5.41) is 12.7. The largest absolute Gasteiger partial charge is 0.395 e. The Bertz CT molecular complexity index is 200. The highest BCUT2D eigenvalue weighted by atomic mass is 16.5. The van der Waals surface area contributed by atoms with Crippen molar-refractivity contribution < 1.29 is 9.84 Å². The lowest BCUT2D eigenvalue weighted by Crippen LogP contribution is -2.46. The molecule has 0 spiro atoms. The van der Waals surface area contributed by atoms with Gasteiger partial charge in [0.1, 0.15) is 0 Å². The van der Waals surface area contributed by atoms with E-state index in [4.69, 9.17) is 9.84 Å². The van der Waals surface area contributed by atoms with Crippen molar-refractivity contribution in [1.29, 1.82) is 0 Å². The standard InChI is InChI=1S/C14H30N2O2/c1-3-6-15-11-14(5-10-18-13-14)12-16(7-4-2)8-9-17/h15,17H,3-13H2,1-2H3. The minimum atomic E-state index is 0.249. The third kappa shape index (κ3) is 5.22. The smallest absolute Gasteiger partial charge is 0.0558 e. The van der Waals surface area contributed by atoms with E-state index < -0.39 is 0 Å². The third-order valence-corrected chi connectivity index (χ3v) is 3.63. The zero-order chi connectivity index (χ0) is 13.3. The van der Waals surface area contributed by atoms with E-state index in [0.29, 0.717) is 0 Å². The van der Waals surface area contributed by atoms with Crippen molar-refractivity contribution in [3.63, 3.8) is 0 Å². The second kappa shape index (κ2) is 8.86. The summed E-state index contributed by atoms with van der Waals surface area (Å²) in [5.74, 6) is 0. The number of rotatable bonds is 10. The first-order valence-electron chi connectivity index (χ1n) is 7.38. The molecule has 4 nitrogen and oxygen atoms in total. The lowest BCUT2D eigenvalue weighted by molar-refractivity contribution is 0.0968. The molecule has 0 aromatic heterocycles. The van der Waals surface area contributed by atoms with Crippen molar-refractivity contribution in [3.05, 3.63) is 0 Å². The molecule has 0 aromatic carbocycles. The molecule has 1 atom stereocenters. The van der Waals surface area contributed by atoms with Gasteiger partial charge >= 0.3 is 0 Å². The molecule has 0 bridgehead atoms. The molecule has 1 rings (SSSR count). The van der Waals surface area contributed by atoms with Gasteiger partial charge in [-0.3, -0.25) is 0 Å². The summed E-state index contributed by atoms with van der Waals surface area (Å²) < 4.78 is 5.62. The minimum Gasteiger partial charge on any atom is -0.395 e. The molecule has 1 unspecified atom stereocenters. The maximum Gasteiger partial charge on any atom is 0.0558 e. The molecule has 4 heteroatoms. The van der Waals surface area contributed by atoms with E-state index in [1.54, 1.807) is 0 Å². The van der Waals surface area contributed by atoms with Crippen LogP contribution in [0.25, 0.3) is 0 Å². The highest BCUT2D eigenvalue weighted by Gasteiger charge is 2.35. The SMILES string of the molecule is CCCNCC1(CN(CCC)CCO)CCOC1. The van der Waals surface area contributed by atoms with Gasteiger partial charge in [0, 0.05) is 31.7 Å². The normalized spacial score (nSPS) is 24.0. The topological polar surface area (TPSA) is 44.7 Å². The summed E-state index contributed by atoms with van der Waals surface area (Å²) >= 11 is 0. The van der Waals surface area contributed by atoms with E-state index in [1.165, 1.54) is 6.42 Å². The number of hydrogen-bond donors (Lipinski definition) is 2. The van der Waals surface area contributed by atoms with Gasteiger partial charge in [-0.1, -0.05) is 13.8 Å². The molecule has 108 valence electrons. The monoisotopic (exact) mass is 258 g/mol. The first-order valence-corrected chi connectivity index (χ1v) is 7.38. The molecule has 1 saturated heterocycles. The molecule has 0 aliphatic carbocycles. The molecule has 2 N–H and O–H groups in total. The third-order valence-electron chi connectivity index (χ3n) is 3.63. The zero-order valence-electron chi connectivity index (χ0n) is 12.1. The molecule has 0 aromatic rings. The number of aliphatic hydroxyl groups excluding tert-OH is 1. The Balaban J connectivity index is 2.48. The molecule has 1 heterocycles. The van der Waals surface area contributed by atoms with Gasteiger partial charge in [0.2, 0.25) is 0 Å². The highest BCUT2D eigenvalue weighted by Crippen LogP contribution is 2.29. The van der Waals surface area contributed by atoms with Crippen LogP contribution in [0.5, 0.6) is 0 Å². The van der Waals surface area contributed by atoms with Crippen LogP contribution in [0.2, 0.25) is 0 Å². The number of ether oxygens (including phenoxy) is 1. The van der Waals surface area contributed by atoms with E-state index in [9.17, 15) is 0 Å². The molecule has 1 aliphatic heterocycles. The second-order valence-corrected chi connectivity index (χ2v) is 5.48. The first-order chi connectivity index (χ1) is 8.76. The van der Waals surface area contributed by atoms with Crippen LogP contribution >= 0.6 is 0 Å². The Labute approximate surface area is 112 Å². The van der Waals surface area contributed by atoms with Crippen molar-refractivity contribution in [2.24, 2.45) is 5.41 Å². The molecule has 0 saturated carbocycles. The van der Waals surface area contributed by atoms with Crippen molar-refractivity contribution in [3.8, 4) is 0 Å². The summed E-state index contributed by atoms with van der Waals surface area (Å²) in [6.45, 7) is 11.4. The van der Waals surface area contributed by atoms with Crippen LogP contribution in [0.1, 0.15) is 33.1 Å². The fourth-order valence-corrected chi connectivity index (χ4v) is 2.70. The second-order valence-electron chi connectivity index (χ2n) is 5.48. The summed E-state index contributed by atoms with van der Waals surface area (Å²) in [5.41, 5.74) is 0.250. The molecular formula is C14H30N2O2. The van der Waals surface area contributed by atoms with Gasteiger partial charge < -0.3 is 20.1 Å². The van der Waals surface area contributed by atoms with E-state index in [0.717, 1.165) is 58.8 Å². The van der Waals surface area contributed by atoms with Gasteiger partial charge in [-0.05, 0) is 32.4 Å². The summed E-state index contributed by atoms with van der Waals surface area (Å²) in [6, 6.07) is 0. The van der Waals surface area contributed by atoms with Gasteiger partial charge in [-0.2, -0.15) is 0 Å². The van der Waals surface area contributed by atoms with Gasteiger partial charge in [0.15, 0.2) is 0 Å². The number of hydrogen-bond acceptors (Lipinski definition) is 4. The Hall–Kier alpha value is -0.160. The van der Waals surface area contributed by atoms with Gasteiger partial charge in [-0.25, -0.2) is 0 Å². The van der Waals surface area contributed by atoms with E-state index >= 15 is 0 Å². The van der Waals surface area contributed by atoms with E-state index in [-0.39, 0.29) is 12.0 Å². The van der Waals surface area contributed by atoms with Crippen LogP contribution < -0.4 is 5.32 Å². The molecule has 18 heavy (non-hydrogen) atoms. The Kier molecular flexibility index (Phi) is 7.82. The van der Waals surface area contributed by atoms with E-state index in [1.807, 2.05) is 0 Å². The van der Waals surface area contributed by atoms with Crippen LogP contribution in [0, 0.1) is 5.41 Å². The fourth-order valence-electron chi connectivity index (χ4n) is 2.70. The van der Waals surface area contributed by atoms with Crippen molar-refractivity contribution in [1.82, 2.24) is 10.2 Å². The first kappa shape index (κ1) is 15.9. The van der Waals surface area contributed by atoms with Crippen LogP contribution in [0.3, 0.4) is 0 Å². The number of aliphatic hydroxyl groups is 1. The molecule has 1 aliphatic rings. The maximum absolute atomic E-state index is 9.15. The van der Waals surface area contributed by atoms with Crippen LogP contribution in [-0.2, 0) is 4.74 Å². The molecule has 0 radical (unpaired) electrons. The predicted octanol–water partition coefficient (Wildman–Crippen LogP) is 1.10. The Morgan fingerprint density at radius 3 is 2.67 bits per heavy atom. The minimum absolute atomic E-state index is 0.249. The summed E-state index contributed by atoms with van der Waals surface area (Å²) in [6.07, 6.45) is 3.45. The lowest BCUT2D eigenvalue weighted by atomic mass is 9.86. The van der Waals surface area contributed by atoms with Crippen molar-refractivity contribution in [2.75, 3.05) is 52.5 Å².